The molecule has 3 rings (SSSR count). The van der Waals surface area contributed by atoms with Crippen molar-refractivity contribution in [2.75, 3.05) is 0 Å². The Morgan fingerprint density at radius 1 is 0.750 bits per heavy atom. The van der Waals surface area contributed by atoms with Crippen molar-refractivity contribution >= 4 is 0 Å². The van der Waals surface area contributed by atoms with Crippen LogP contribution in [0.1, 0.15) is 126 Å². The number of nitrogens with zero attached hydrogens (tertiary/aromatic N) is 1. The Kier molecular flexibility index (Phi) is 10.9. The maximum absolute atomic E-state index is 4.55. The van der Waals surface area contributed by atoms with Crippen molar-refractivity contribution in [1.82, 2.24) is 4.98 Å². The van der Waals surface area contributed by atoms with Crippen LogP contribution in [0.25, 0.3) is 0 Å². The van der Waals surface area contributed by atoms with Crippen LogP contribution in [0, 0.1) is 17.8 Å². The third-order valence-corrected chi connectivity index (χ3v) is 7.17. The van der Waals surface area contributed by atoms with Crippen LogP contribution >= 0.6 is 0 Å². The first-order valence-corrected chi connectivity index (χ1v) is 13.4. The fourth-order valence-electron chi connectivity index (χ4n) is 5.02. The minimum atomic E-state index is 0.746. The summed E-state index contributed by atoms with van der Waals surface area (Å²) >= 11 is 0. The van der Waals surface area contributed by atoms with Gasteiger partial charge in [0.05, 0.1) is 0 Å². The molecule has 0 aliphatic heterocycles. The van der Waals surface area contributed by atoms with E-state index in [4.69, 9.17) is 0 Å². The van der Waals surface area contributed by atoms with E-state index in [0.29, 0.717) is 0 Å². The van der Waals surface area contributed by atoms with Crippen LogP contribution in [0.15, 0.2) is 42.6 Å². The molecule has 1 aromatic carbocycles. The average Bonchev–Trinajstić information content (AvgIpc) is 2.85. The molecule has 172 valence electrons. The molecule has 2 aromatic rings. The molecule has 0 unspecified atom stereocenters. The molecule has 1 saturated carbocycles. The third-order valence-electron chi connectivity index (χ3n) is 7.17. The summed E-state index contributed by atoms with van der Waals surface area (Å²) in [7, 11) is 0. The Balaban J connectivity index is 1.44. The van der Waals surface area contributed by atoms with Gasteiger partial charge < -0.3 is 0 Å². The highest BCUT2D eigenvalue weighted by Gasteiger charge is 2.21. The first kappa shape index (κ1) is 24.6. The van der Waals surface area contributed by atoms with Gasteiger partial charge in [-0.25, -0.2) is 4.98 Å². The van der Waals surface area contributed by atoms with Gasteiger partial charge in [0.15, 0.2) is 0 Å². The maximum atomic E-state index is 4.55. The predicted molar refractivity (Wildman–Crippen MR) is 138 cm³/mol. The van der Waals surface area contributed by atoms with Crippen molar-refractivity contribution in [1.29, 1.82) is 0 Å². The van der Waals surface area contributed by atoms with Crippen molar-refractivity contribution < 1.29 is 0 Å². The molecule has 1 nitrogen and oxygen atoms in total. The second kappa shape index (κ2) is 14.2. The van der Waals surface area contributed by atoms with Gasteiger partial charge in [0.1, 0.15) is 5.69 Å². The Morgan fingerprint density at radius 2 is 1.47 bits per heavy atom. The highest BCUT2D eigenvalue weighted by atomic mass is 14.7. The zero-order valence-corrected chi connectivity index (χ0v) is 20.5. The van der Waals surface area contributed by atoms with Crippen molar-refractivity contribution in [3.8, 4) is 11.8 Å². The molecule has 32 heavy (non-hydrogen) atoms. The highest BCUT2D eigenvalue weighted by Crippen LogP contribution is 2.37. The molecule has 0 saturated heterocycles. The Bertz CT molecular complexity index is 814. The van der Waals surface area contributed by atoms with Crippen LogP contribution in [-0.4, -0.2) is 4.98 Å². The molecule has 0 bridgehead atoms. The number of pyridine rings is 1. The fourth-order valence-corrected chi connectivity index (χ4v) is 5.02. The standard InChI is InChI=1S/C31H43N/c1-3-5-7-9-11-26-13-19-29(20-14-26)30-21-15-27(16-22-30)17-23-31-24-18-28(25-32-31)12-10-8-6-4-2/h15-16,18,21-22,24-26,29H,3-14,19-20H2,1-2H3. The van der Waals surface area contributed by atoms with Crippen molar-refractivity contribution in [3.63, 3.8) is 0 Å². The lowest BCUT2D eigenvalue weighted by atomic mass is 9.77. The molecule has 1 aliphatic carbocycles. The van der Waals surface area contributed by atoms with E-state index in [1.54, 1.807) is 0 Å². The molecule has 1 aliphatic rings. The maximum Gasteiger partial charge on any atom is 0.113 e. The summed E-state index contributed by atoms with van der Waals surface area (Å²) in [5, 5.41) is 0. The molecule has 1 heteroatoms. The monoisotopic (exact) mass is 429 g/mol. The summed E-state index contributed by atoms with van der Waals surface area (Å²) in [4.78, 5) is 4.55. The zero-order chi connectivity index (χ0) is 22.4. The third kappa shape index (κ3) is 8.46. The predicted octanol–water partition coefficient (Wildman–Crippen LogP) is 8.85. The van der Waals surface area contributed by atoms with Gasteiger partial charge in [-0.1, -0.05) is 89.3 Å². The van der Waals surface area contributed by atoms with Gasteiger partial charge in [0.2, 0.25) is 0 Å². The quantitative estimate of drug-likeness (QED) is 0.257. The minimum Gasteiger partial charge on any atom is -0.248 e. The number of rotatable bonds is 11. The average molecular weight is 430 g/mol. The summed E-state index contributed by atoms with van der Waals surface area (Å²) in [6, 6.07) is 13.3. The molecule has 1 aromatic heterocycles. The lowest BCUT2D eigenvalue weighted by molar-refractivity contribution is 0.302. The second-order valence-electron chi connectivity index (χ2n) is 9.80. The fraction of sp³-hybridized carbons (Fsp3) is 0.581. The van der Waals surface area contributed by atoms with Crippen LogP contribution in [0.3, 0.4) is 0 Å². The summed E-state index contributed by atoms with van der Waals surface area (Å²) in [5.41, 5.74) is 4.78. The van der Waals surface area contributed by atoms with Gasteiger partial charge in [-0.2, -0.15) is 0 Å². The number of benzene rings is 1. The number of hydrogen-bond acceptors (Lipinski definition) is 1. The van der Waals surface area contributed by atoms with Gasteiger partial charge in [0, 0.05) is 11.8 Å². The molecular weight excluding hydrogens is 386 g/mol. The lowest BCUT2D eigenvalue weighted by Crippen LogP contribution is -2.13. The van der Waals surface area contributed by atoms with E-state index in [9.17, 15) is 0 Å². The van der Waals surface area contributed by atoms with Crippen LogP contribution in [0.4, 0.5) is 0 Å². The van der Waals surface area contributed by atoms with E-state index in [0.717, 1.165) is 29.5 Å². The molecular formula is C31H43N. The van der Waals surface area contributed by atoms with Crippen molar-refractivity contribution in [3.05, 3.63) is 65.0 Å². The van der Waals surface area contributed by atoms with Crippen molar-refractivity contribution in [2.24, 2.45) is 5.92 Å². The van der Waals surface area contributed by atoms with E-state index >= 15 is 0 Å². The number of hydrogen-bond donors (Lipinski definition) is 0. The van der Waals surface area contributed by atoms with Crippen LogP contribution in [-0.2, 0) is 6.42 Å². The van der Waals surface area contributed by atoms with Gasteiger partial charge in [0.25, 0.3) is 0 Å². The van der Waals surface area contributed by atoms with Gasteiger partial charge in [-0.05, 0) is 85.6 Å². The molecule has 0 amide bonds. The number of aryl methyl sites for hydroxylation is 1. The minimum absolute atomic E-state index is 0.746. The Hall–Kier alpha value is -2.07. The molecule has 0 N–H and O–H groups in total. The molecule has 1 fully saturated rings. The first-order valence-electron chi connectivity index (χ1n) is 13.4. The van der Waals surface area contributed by atoms with E-state index < -0.39 is 0 Å². The largest absolute Gasteiger partial charge is 0.248 e. The van der Waals surface area contributed by atoms with E-state index in [-0.39, 0.29) is 0 Å². The Morgan fingerprint density at radius 3 is 2.12 bits per heavy atom. The first-order chi connectivity index (χ1) is 15.8. The second-order valence-corrected chi connectivity index (χ2v) is 9.80. The molecule has 1 heterocycles. The highest BCUT2D eigenvalue weighted by molar-refractivity contribution is 5.41. The van der Waals surface area contributed by atoms with E-state index in [1.165, 1.54) is 94.6 Å². The normalized spacial score (nSPS) is 18.2. The summed E-state index contributed by atoms with van der Waals surface area (Å²) in [6.07, 6.45) is 20.9. The zero-order valence-electron chi connectivity index (χ0n) is 20.5. The van der Waals surface area contributed by atoms with Crippen molar-refractivity contribution in [2.45, 2.75) is 110 Å². The summed E-state index contributed by atoms with van der Waals surface area (Å²) in [5.74, 6) is 8.26. The molecule has 0 atom stereocenters. The van der Waals surface area contributed by atoms with Crippen LogP contribution in [0.2, 0.25) is 0 Å². The van der Waals surface area contributed by atoms with Gasteiger partial charge >= 0.3 is 0 Å². The van der Waals surface area contributed by atoms with E-state index in [2.05, 4.69) is 67.1 Å². The number of unbranched alkanes of at least 4 members (excludes halogenated alkanes) is 6. The smallest absolute Gasteiger partial charge is 0.113 e. The summed E-state index contributed by atoms with van der Waals surface area (Å²) < 4.78 is 0. The topological polar surface area (TPSA) is 12.9 Å². The lowest BCUT2D eigenvalue weighted by Gasteiger charge is -2.29. The van der Waals surface area contributed by atoms with Gasteiger partial charge in [-0.3, -0.25) is 0 Å². The number of aromatic nitrogens is 1. The molecule has 0 spiro atoms. The summed E-state index contributed by atoms with van der Waals surface area (Å²) in [6.45, 7) is 4.55. The van der Waals surface area contributed by atoms with Crippen LogP contribution < -0.4 is 0 Å². The molecule has 0 radical (unpaired) electrons. The van der Waals surface area contributed by atoms with E-state index in [1.807, 2.05) is 6.20 Å². The van der Waals surface area contributed by atoms with Crippen LogP contribution in [0.5, 0.6) is 0 Å². The SMILES string of the molecule is CCCCCCc1ccc(C#Cc2ccc(C3CCC(CCCCCC)CC3)cc2)nc1. The Labute approximate surface area is 197 Å². The van der Waals surface area contributed by atoms with Gasteiger partial charge in [-0.15, -0.1) is 0 Å².